The lowest BCUT2D eigenvalue weighted by atomic mass is 10.1. The van der Waals surface area contributed by atoms with Crippen molar-refractivity contribution in [3.8, 4) is 0 Å². The maximum absolute atomic E-state index is 12.3. The van der Waals surface area contributed by atoms with Crippen LogP contribution < -0.4 is 0 Å². The number of halogens is 1. The lowest BCUT2D eigenvalue weighted by molar-refractivity contribution is 0.0471. The minimum atomic E-state index is -3.61. The van der Waals surface area contributed by atoms with Crippen molar-refractivity contribution < 1.29 is 17.9 Å². The molecule has 0 aliphatic rings. The van der Waals surface area contributed by atoms with Crippen molar-refractivity contribution in [3.63, 3.8) is 0 Å². The van der Waals surface area contributed by atoms with Gasteiger partial charge in [-0.25, -0.2) is 17.5 Å². The molecule has 0 unspecified atom stereocenters. The lowest BCUT2D eigenvalue weighted by Crippen LogP contribution is -2.22. The summed E-state index contributed by atoms with van der Waals surface area (Å²) >= 11 is 5.81. The van der Waals surface area contributed by atoms with E-state index in [0.717, 1.165) is 9.87 Å². The van der Waals surface area contributed by atoms with Crippen molar-refractivity contribution >= 4 is 27.6 Å². The quantitative estimate of drug-likeness (QED) is 0.761. The molecular formula is C17H18ClNO4S. The lowest BCUT2D eigenvalue weighted by Gasteiger charge is -2.13. The summed E-state index contributed by atoms with van der Waals surface area (Å²) in [5, 5.41) is 0.600. The zero-order valence-corrected chi connectivity index (χ0v) is 15.2. The highest BCUT2D eigenvalue weighted by Gasteiger charge is 2.20. The Morgan fingerprint density at radius 3 is 2.33 bits per heavy atom. The minimum absolute atomic E-state index is 0.0524. The van der Waals surface area contributed by atoms with Crippen LogP contribution in [-0.4, -0.2) is 32.8 Å². The standard InChI is InChI=1S/C17H18ClNO4S/c1-12-4-9-15(24(21,22)19(2)3)10-16(12)17(20)23-11-13-5-7-14(18)8-6-13/h4-10H,11H2,1-3H3. The first-order valence-corrected chi connectivity index (χ1v) is 8.98. The van der Waals surface area contributed by atoms with Crippen LogP contribution in [0.4, 0.5) is 0 Å². The van der Waals surface area contributed by atoms with Gasteiger partial charge >= 0.3 is 5.97 Å². The van der Waals surface area contributed by atoms with Gasteiger partial charge in [0, 0.05) is 19.1 Å². The summed E-state index contributed by atoms with van der Waals surface area (Å²) in [5.74, 6) is -0.571. The predicted octanol–water partition coefficient (Wildman–Crippen LogP) is 3.26. The molecule has 0 fully saturated rings. The normalized spacial score (nSPS) is 11.5. The van der Waals surface area contributed by atoms with Gasteiger partial charge in [0.25, 0.3) is 0 Å². The minimum Gasteiger partial charge on any atom is -0.457 e. The molecule has 0 heterocycles. The number of hydrogen-bond acceptors (Lipinski definition) is 4. The van der Waals surface area contributed by atoms with Gasteiger partial charge in [0.2, 0.25) is 10.0 Å². The summed E-state index contributed by atoms with van der Waals surface area (Å²) in [6.07, 6.45) is 0. The molecule has 2 rings (SSSR count). The second kappa shape index (κ2) is 7.34. The van der Waals surface area contributed by atoms with E-state index in [1.807, 2.05) is 0 Å². The van der Waals surface area contributed by atoms with Crippen molar-refractivity contribution in [2.75, 3.05) is 14.1 Å². The number of rotatable bonds is 5. The Bertz CT molecular complexity index is 845. The maximum atomic E-state index is 12.3. The molecule has 0 aliphatic carbocycles. The molecule has 0 radical (unpaired) electrons. The summed E-state index contributed by atoms with van der Waals surface area (Å²) in [6, 6.07) is 11.3. The molecule has 2 aromatic carbocycles. The van der Waals surface area contributed by atoms with Gasteiger partial charge in [-0.15, -0.1) is 0 Å². The van der Waals surface area contributed by atoms with E-state index in [1.165, 1.54) is 26.2 Å². The van der Waals surface area contributed by atoms with E-state index in [9.17, 15) is 13.2 Å². The van der Waals surface area contributed by atoms with Crippen LogP contribution in [0.25, 0.3) is 0 Å². The van der Waals surface area contributed by atoms with Gasteiger partial charge in [-0.1, -0.05) is 29.8 Å². The fourth-order valence-electron chi connectivity index (χ4n) is 2.00. The molecule has 2 aromatic rings. The van der Waals surface area contributed by atoms with Gasteiger partial charge in [0.15, 0.2) is 0 Å². The second-order valence-corrected chi connectivity index (χ2v) is 8.06. The third-order valence-corrected chi connectivity index (χ3v) is 5.55. The van der Waals surface area contributed by atoms with Crippen LogP contribution >= 0.6 is 11.6 Å². The molecule has 0 aromatic heterocycles. The summed E-state index contributed by atoms with van der Waals surface area (Å²) in [5.41, 5.74) is 1.67. The average molecular weight is 368 g/mol. The first-order chi connectivity index (χ1) is 11.2. The third-order valence-electron chi connectivity index (χ3n) is 3.49. The van der Waals surface area contributed by atoms with E-state index in [-0.39, 0.29) is 17.1 Å². The Kier molecular flexibility index (Phi) is 5.64. The third kappa shape index (κ3) is 4.14. The molecular weight excluding hydrogens is 350 g/mol. The summed E-state index contributed by atoms with van der Waals surface area (Å²) in [7, 11) is -0.734. The topological polar surface area (TPSA) is 63.7 Å². The highest BCUT2D eigenvalue weighted by Crippen LogP contribution is 2.19. The molecule has 0 aliphatic heterocycles. The fourth-order valence-corrected chi connectivity index (χ4v) is 3.05. The first kappa shape index (κ1) is 18.4. The highest BCUT2D eigenvalue weighted by molar-refractivity contribution is 7.89. The molecule has 0 amide bonds. The number of benzene rings is 2. The van der Waals surface area contributed by atoms with Crippen LogP contribution in [0.15, 0.2) is 47.4 Å². The van der Waals surface area contributed by atoms with Crippen LogP contribution in [0.3, 0.4) is 0 Å². The summed E-state index contributed by atoms with van der Waals surface area (Å²) in [4.78, 5) is 12.4. The zero-order valence-electron chi connectivity index (χ0n) is 13.6. The van der Waals surface area contributed by atoms with Gasteiger partial charge < -0.3 is 4.74 Å². The Morgan fingerprint density at radius 2 is 1.75 bits per heavy atom. The highest BCUT2D eigenvalue weighted by atomic mass is 35.5. The molecule has 5 nitrogen and oxygen atoms in total. The number of nitrogens with zero attached hydrogens (tertiary/aromatic N) is 1. The van der Waals surface area contributed by atoms with E-state index in [2.05, 4.69) is 0 Å². The molecule has 128 valence electrons. The van der Waals surface area contributed by atoms with Gasteiger partial charge in [-0.2, -0.15) is 0 Å². The largest absolute Gasteiger partial charge is 0.457 e. The summed E-state index contributed by atoms with van der Waals surface area (Å²) < 4.78 is 30.8. The van der Waals surface area contributed by atoms with Crippen molar-refractivity contribution in [1.29, 1.82) is 0 Å². The molecule has 0 atom stereocenters. The van der Waals surface area contributed by atoms with Gasteiger partial charge in [0.1, 0.15) is 6.61 Å². The van der Waals surface area contributed by atoms with E-state index < -0.39 is 16.0 Å². The molecule has 7 heteroatoms. The van der Waals surface area contributed by atoms with E-state index in [1.54, 1.807) is 37.3 Å². The van der Waals surface area contributed by atoms with E-state index in [4.69, 9.17) is 16.3 Å². The van der Waals surface area contributed by atoms with E-state index >= 15 is 0 Å². The van der Waals surface area contributed by atoms with Gasteiger partial charge in [-0.05, 0) is 42.3 Å². The second-order valence-electron chi connectivity index (χ2n) is 5.47. The SMILES string of the molecule is Cc1ccc(S(=O)(=O)N(C)C)cc1C(=O)OCc1ccc(Cl)cc1. The average Bonchev–Trinajstić information content (AvgIpc) is 2.54. The van der Waals surface area contributed by atoms with Crippen LogP contribution in [0.5, 0.6) is 0 Å². The number of carbonyl (C=O) groups is 1. The smallest absolute Gasteiger partial charge is 0.338 e. The molecule has 0 saturated carbocycles. The molecule has 0 bridgehead atoms. The molecule has 0 saturated heterocycles. The van der Waals surface area contributed by atoms with Crippen LogP contribution in [0.2, 0.25) is 5.02 Å². The molecule has 0 spiro atoms. The van der Waals surface area contributed by atoms with Gasteiger partial charge in [-0.3, -0.25) is 0 Å². The maximum Gasteiger partial charge on any atom is 0.338 e. The number of hydrogen-bond donors (Lipinski definition) is 0. The van der Waals surface area contributed by atoms with Crippen molar-refractivity contribution in [3.05, 3.63) is 64.2 Å². The van der Waals surface area contributed by atoms with Crippen molar-refractivity contribution in [2.45, 2.75) is 18.4 Å². The monoisotopic (exact) mass is 367 g/mol. The molecule has 0 N–H and O–H groups in total. The Hall–Kier alpha value is -1.89. The Labute approximate surface area is 146 Å². The number of ether oxygens (including phenoxy) is 1. The van der Waals surface area contributed by atoms with Crippen LogP contribution in [0.1, 0.15) is 21.5 Å². The first-order valence-electron chi connectivity index (χ1n) is 7.16. The summed E-state index contributed by atoms with van der Waals surface area (Å²) in [6.45, 7) is 1.81. The van der Waals surface area contributed by atoms with E-state index in [0.29, 0.717) is 10.6 Å². The number of esters is 1. The number of carbonyl (C=O) groups excluding carboxylic acids is 1. The fraction of sp³-hybridized carbons (Fsp3) is 0.235. The number of aryl methyl sites for hydroxylation is 1. The van der Waals surface area contributed by atoms with Crippen molar-refractivity contribution in [2.24, 2.45) is 0 Å². The number of sulfonamides is 1. The predicted molar refractivity (Wildman–Crippen MR) is 92.6 cm³/mol. The molecule has 24 heavy (non-hydrogen) atoms. The Balaban J connectivity index is 2.21. The zero-order chi connectivity index (χ0) is 17.9. The van der Waals surface area contributed by atoms with Crippen LogP contribution in [-0.2, 0) is 21.4 Å². The van der Waals surface area contributed by atoms with Crippen LogP contribution in [0, 0.1) is 6.92 Å². The van der Waals surface area contributed by atoms with Crippen molar-refractivity contribution in [1.82, 2.24) is 4.31 Å². The Morgan fingerprint density at radius 1 is 1.12 bits per heavy atom. The van der Waals surface area contributed by atoms with Gasteiger partial charge in [0.05, 0.1) is 10.5 Å².